The van der Waals surface area contributed by atoms with E-state index in [9.17, 15) is 25.9 Å². The van der Waals surface area contributed by atoms with Gasteiger partial charge in [-0.05, 0) is 66.9 Å². The van der Waals surface area contributed by atoms with Gasteiger partial charge in [0.15, 0.2) is 17.4 Å². The minimum Gasteiger partial charge on any atom is -0.744 e. The van der Waals surface area contributed by atoms with Gasteiger partial charge in [-0.15, -0.1) is 9.97 Å². The van der Waals surface area contributed by atoms with Crippen LogP contribution in [-0.4, -0.2) is 70.1 Å². The molecule has 0 unspecified atom stereocenters. The number of hydrogen-bond donors (Lipinski definition) is 1. The molecule has 21 heteroatoms. The Labute approximate surface area is 371 Å². The quantitative estimate of drug-likeness (QED) is 0.0684. The van der Waals surface area contributed by atoms with Crippen molar-refractivity contribution in [2.24, 2.45) is 0 Å². The van der Waals surface area contributed by atoms with Crippen molar-refractivity contribution in [1.29, 1.82) is 0 Å². The van der Waals surface area contributed by atoms with Gasteiger partial charge in [0.05, 0.1) is 29.7 Å². The van der Waals surface area contributed by atoms with Crippen molar-refractivity contribution < 1.29 is 104 Å². The zero-order chi connectivity index (χ0) is 39.5. The van der Waals surface area contributed by atoms with Crippen LogP contribution in [-0.2, 0) is 20.2 Å². The summed E-state index contributed by atoms with van der Waals surface area (Å²) >= 11 is 0. The molecule has 4 aromatic carbocycles. The van der Waals surface area contributed by atoms with E-state index in [1.54, 1.807) is 30.3 Å². The molecule has 0 fully saturated rings. The summed E-state index contributed by atoms with van der Waals surface area (Å²) in [4.78, 5) is 23.6. The summed E-state index contributed by atoms with van der Waals surface area (Å²) < 4.78 is 96.7. The number of aryl methyl sites for hydroxylation is 2. The molecule has 2 heterocycles. The summed E-state index contributed by atoms with van der Waals surface area (Å²) in [5.41, 5.74) is 8.14. The van der Waals surface area contributed by atoms with E-state index in [0.717, 1.165) is 23.3 Å². The summed E-state index contributed by atoms with van der Waals surface area (Å²) in [6.45, 7) is 3.75. The first-order chi connectivity index (χ1) is 26.1. The van der Waals surface area contributed by atoms with Crippen molar-refractivity contribution >= 4 is 38.1 Å². The number of aromatic nitrogens is 6. The van der Waals surface area contributed by atoms with Crippen LogP contribution in [0.3, 0.4) is 0 Å². The molecule has 0 saturated heterocycles. The Hall–Kier alpha value is -4.54. The molecule has 0 spiro atoms. The Morgan fingerprint density at radius 3 is 1.44 bits per heavy atom. The number of hydrogen-bond acceptors (Lipinski definition) is 17. The third-order valence-corrected chi connectivity index (χ3v) is 9.46. The molecule has 0 radical (unpaired) electrons. The van der Waals surface area contributed by atoms with Gasteiger partial charge in [-0.3, -0.25) is 0 Å². The average Bonchev–Trinajstić information content (AvgIpc) is 3.15. The van der Waals surface area contributed by atoms with Gasteiger partial charge in [0, 0.05) is 11.1 Å². The molecular formula is C36H29N7Na2O10S2. The number of rotatable bonds is 12. The Bertz CT molecular complexity index is 2690. The number of nitrogens with zero attached hydrogens (tertiary/aromatic N) is 6. The molecule has 0 aliphatic carbocycles. The van der Waals surface area contributed by atoms with Crippen molar-refractivity contribution in [3.05, 3.63) is 101 Å². The zero-order valence-electron chi connectivity index (χ0n) is 31.3. The minimum atomic E-state index is -5.15. The van der Waals surface area contributed by atoms with Crippen LogP contribution >= 0.6 is 0 Å². The fourth-order valence-electron chi connectivity index (χ4n) is 5.01. The number of methoxy groups -OCH3 is 2. The molecule has 0 bridgehead atoms. The second-order valence-electron chi connectivity index (χ2n) is 11.7. The number of benzene rings is 4. The topological polar surface area (TPSA) is 255 Å². The largest absolute Gasteiger partial charge is 1.00 e. The van der Waals surface area contributed by atoms with Crippen LogP contribution in [0.1, 0.15) is 22.3 Å². The Morgan fingerprint density at radius 1 is 0.561 bits per heavy atom. The van der Waals surface area contributed by atoms with E-state index >= 15 is 0 Å². The Balaban J connectivity index is 0.00000360. The predicted octanol–water partition coefficient (Wildman–Crippen LogP) is -0.822. The van der Waals surface area contributed by atoms with Crippen LogP contribution in [0.5, 0.6) is 35.5 Å². The minimum absolute atomic E-state index is 0. The molecule has 2 N–H and O–H groups in total. The first kappa shape index (κ1) is 45.2. The first-order valence-corrected chi connectivity index (χ1v) is 18.7. The van der Waals surface area contributed by atoms with Crippen molar-refractivity contribution in [1.82, 2.24) is 29.9 Å². The molecule has 6 aromatic rings. The zero-order valence-corrected chi connectivity index (χ0v) is 37.0. The van der Waals surface area contributed by atoms with Gasteiger partial charge in [0.1, 0.15) is 26.0 Å². The van der Waals surface area contributed by atoms with Crippen LogP contribution in [0.2, 0.25) is 0 Å². The van der Waals surface area contributed by atoms with Crippen molar-refractivity contribution in [3.63, 3.8) is 0 Å². The van der Waals surface area contributed by atoms with E-state index in [0.29, 0.717) is 11.4 Å². The van der Waals surface area contributed by atoms with Crippen LogP contribution in [0.15, 0.2) is 88.7 Å². The van der Waals surface area contributed by atoms with Gasteiger partial charge in [0.25, 0.3) is 0 Å². The molecule has 6 rings (SSSR count). The summed E-state index contributed by atoms with van der Waals surface area (Å²) in [5.74, 6) is 0.475. The molecule has 282 valence electrons. The smallest absolute Gasteiger partial charge is 0.744 e. The van der Waals surface area contributed by atoms with Gasteiger partial charge in [0.2, 0.25) is 0 Å². The molecule has 0 aliphatic heterocycles. The van der Waals surface area contributed by atoms with E-state index in [2.05, 4.69) is 29.9 Å². The average molecular weight is 830 g/mol. The van der Waals surface area contributed by atoms with Gasteiger partial charge < -0.3 is 33.8 Å². The van der Waals surface area contributed by atoms with Crippen LogP contribution in [0, 0.1) is 13.8 Å². The number of ether oxygens (including phenoxy) is 4. The predicted molar refractivity (Wildman–Crippen MR) is 195 cm³/mol. The standard InChI is InChI=1S/C36H31N7O10S2.2Na/c1-20-5-14-26(15-6-20)52-35-40-31(38-33(42-35)50-3)24-12-10-22(29(18-24)54(44,45)46)8-9-23-11-13-25(19-30(23)55(47,48)49)32-39-34(51-4)43-36(41-32)53-28-16-7-21(2)17-27(28)37;;/h5-19H,37H2,1-4H3,(H,44,45,46)(H,47,48,49);;/q;2*+1/p-2. The first-order valence-electron chi connectivity index (χ1n) is 15.9. The number of nitrogens with two attached hydrogens (primary N) is 1. The van der Waals surface area contributed by atoms with Crippen LogP contribution in [0.25, 0.3) is 34.9 Å². The maximum Gasteiger partial charge on any atom is 1.00 e. The summed E-state index contributed by atoms with van der Waals surface area (Å²) in [6.07, 6.45) is 2.34. The fourth-order valence-corrected chi connectivity index (χ4v) is 6.41. The second-order valence-corrected chi connectivity index (χ2v) is 14.4. The summed E-state index contributed by atoms with van der Waals surface area (Å²) in [6, 6.07) is 18.8. The monoisotopic (exact) mass is 829 g/mol. The normalized spacial score (nSPS) is 11.3. The van der Waals surface area contributed by atoms with E-state index < -0.39 is 30.0 Å². The molecule has 2 aromatic heterocycles. The molecule has 0 aliphatic rings. The maximum atomic E-state index is 12.5. The van der Waals surface area contributed by atoms with Crippen LogP contribution < -0.4 is 83.8 Å². The van der Waals surface area contributed by atoms with E-state index in [1.807, 2.05) is 26.0 Å². The van der Waals surface area contributed by atoms with Gasteiger partial charge >= 0.3 is 83.2 Å². The Kier molecular flexibility index (Phi) is 14.9. The molecule has 57 heavy (non-hydrogen) atoms. The fraction of sp³-hybridized carbons (Fsp3) is 0.111. The van der Waals surface area contributed by atoms with Crippen molar-refractivity contribution in [2.45, 2.75) is 23.6 Å². The van der Waals surface area contributed by atoms with Crippen LogP contribution in [0.4, 0.5) is 5.69 Å². The summed E-state index contributed by atoms with van der Waals surface area (Å²) in [7, 11) is -7.67. The van der Waals surface area contributed by atoms with E-state index in [4.69, 9.17) is 24.7 Å². The molecule has 0 atom stereocenters. The van der Waals surface area contributed by atoms with Gasteiger partial charge in [-0.1, -0.05) is 60.2 Å². The van der Waals surface area contributed by atoms with Crippen molar-refractivity contribution in [2.75, 3.05) is 20.0 Å². The van der Waals surface area contributed by atoms with E-state index in [1.165, 1.54) is 50.6 Å². The maximum absolute atomic E-state index is 12.5. The van der Waals surface area contributed by atoms with Gasteiger partial charge in [-0.25, -0.2) is 16.8 Å². The SMILES string of the molecule is COc1nc(Oc2ccc(C)cc2)nc(-c2ccc(C=Cc3ccc(-c4nc(OC)nc(Oc5ccc(C)cc5N)n4)cc3S(=O)(=O)[O-])c(S(=O)(=O)[O-])c2)n1.[Na+].[Na+]. The molecule has 0 saturated carbocycles. The third-order valence-electron chi connectivity index (χ3n) is 7.68. The molecule has 17 nitrogen and oxygen atoms in total. The Morgan fingerprint density at radius 2 is 1.00 bits per heavy atom. The number of nitrogen functional groups attached to an aromatic ring is 1. The molecular weight excluding hydrogens is 801 g/mol. The van der Waals surface area contributed by atoms with E-state index in [-0.39, 0.29) is 123 Å². The van der Waals surface area contributed by atoms with Crippen molar-refractivity contribution in [3.8, 4) is 58.3 Å². The molecule has 0 amide bonds. The summed E-state index contributed by atoms with van der Waals surface area (Å²) in [5, 5.41) is 0. The third kappa shape index (κ3) is 11.3. The number of anilines is 1. The second kappa shape index (κ2) is 18.8. The van der Waals surface area contributed by atoms with Gasteiger partial charge in [-0.2, -0.15) is 19.9 Å².